The van der Waals surface area contributed by atoms with Crippen molar-refractivity contribution in [3.63, 3.8) is 0 Å². The Bertz CT molecular complexity index is 146. The quantitative estimate of drug-likeness (QED) is 0.380. The van der Waals surface area contributed by atoms with Crippen LogP contribution >= 0.6 is 0 Å². The van der Waals surface area contributed by atoms with E-state index in [2.05, 4.69) is 13.8 Å². The summed E-state index contributed by atoms with van der Waals surface area (Å²) in [4.78, 5) is 0. The van der Waals surface area contributed by atoms with Gasteiger partial charge in [-0.2, -0.15) is 0 Å². The van der Waals surface area contributed by atoms with E-state index in [1.165, 1.54) is 77.0 Å². The van der Waals surface area contributed by atoms with E-state index in [-0.39, 0.29) is 0 Å². The zero-order valence-corrected chi connectivity index (χ0v) is 11.6. The standard InChI is InChI=1S/C16H32/c1-3-4-5-6-7-8-9-10-11-15(2)14-16-12-13-16/h15-16H,3-14H2,1-2H3. The smallest absolute Gasteiger partial charge is 0.0412 e. The molecule has 1 rings (SSSR count). The molecule has 16 heavy (non-hydrogen) atoms. The van der Waals surface area contributed by atoms with E-state index in [4.69, 9.17) is 0 Å². The first-order chi connectivity index (χ1) is 7.83. The molecule has 0 nitrogen and oxygen atoms in total. The van der Waals surface area contributed by atoms with Gasteiger partial charge >= 0.3 is 0 Å². The van der Waals surface area contributed by atoms with Crippen molar-refractivity contribution in [2.24, 2.45) is 11.8 Å². The first-order valence-electron chi connectivity index (χ1n) is 7.83. The Hall–Kier alpha value is 0. The second kappa shape index (κ2) is 9.07. The molecule has 1 aliphatic carbocycles. The molecule has 0 radical (unpaired) electrons. The molecule has 0 amide bonds. The molecule has 0 saturated heterocycles. The van der Waals surface area contributed by atoms with Gasteiger partial charge in [0.05, 0.1) is 0 Å². The Kier molecular flexibility index (Phi) is 7.98. The van der Waals surface area contributed by atoms with Crippen molar-refractivity contribution in [3.8, 4) is 0 Å². The Morgan fingerprint density at radius 3 is 2.00 bits per heavy atom. The molecule has 0 bridgehead atoms. The molecule has 0 aliphatic heterocycles. The Morgan fingerprint density at radius 1 is 0.875 bits per heavy atom. The summed E-state index contributed by atoms with van der Waals surface area (Å²) in [5.74, 6) is 2.14. The fourth-order valence-corrected chi connectivity index (χ4v) is 2.67. The minimum absolute atomic E-state index is 1.01. The lowest BCUT2D eigenvalue weighted by atomic mass is 9.97. The van der Waals surface area contributed by atoms with Crippen molar-refractivity contribution in [2.75, 3.05) is 0 Å². The lowest BCUT2D eigenvalue weighted by Gasteiger charge is -2.09. The minimum atomic E-state index is 1.01. The van der Waals surface area contributed by atoms with Crippen LogP contribution in [-0.4, -0.2) is 0 Å². The third kappa shape index (κ3) is 8.19. The molecule has 0 spiro atoms. The van der Waals surface area contributed by atoms with Crippen LogP contribution in [0.3, 0.4) is 0 Å². The summed E-state index contributed by atoms with van der Waals surface area (Å²) in [7, 11) is 0. The Balaban J connectivity index is 1.73. The summed E-state index contributed by atoms with van der Waals surface area (Å²) < 4.78 is 0. The van der Waals surface area contributed by atoms with Gasteiger partial charge in [-0.15, -0.1) is 0 Å². The third-order valence-corrected chi connectivity index (χ3v) is 3.98. The molecule has 1 fully saturated rings. The van der Waals surface area contributed by atoms with E-state index >= 15 is 0 Å². The fraction of sp³-hybridized carbons (Fsp3) is 1.00. The van der Waals surface area contributed by atoms with E-state index < -0.39 is 0 Å². The molecule has 0 N–H and O–H groups in total. The average Bonchev–Trinajstić information content (AvgIpc) is 3.06. The maximum Gasteiger partial charge on any atom is -0.0412 e. The molecular weight excluding hydrogens is 192 g/mol. The average molecular weight is 224 g/mol. The summed E-state index contributed by atoms with van der Waals surface area (Å²) >= 11 is 0. The topological polar surface area (TPSA) is 0 Å². The highest BCUT2D eigenvalue weighted by atomic mass is 14.3. The van der Waals surface area contributed by atoms with Gasteiger partial charge in [0.2, 0.25) is 0 Å². The minimum Gasteiger partial charge on any atom is -0.0654 e. The normalized spacial score (nSPS) is 17.6. The molecule has 1 unspecified atom stereocenters. The summed E-state index contributed by atoms with van der Waals surface area (Å²) in [5.41, 5.74) is 0. The van der Waals surface area contributed by atoms with Gasteiger partial charge in [0.25, 0.3) is 0 Å². The summed E-state index contributed by atoms with van der Waals surface area (Å²) in [6.07, 6.45) is 17.8. The molecule has 0 heteroatoms. The highest BCUT2D eigenvalue weighted by Crippen LogP contribution is 2.36. The van der Waals surface area contributed by atoms with E-state index in [0.717, 1.165) is 11.8 Å². The van der Waals surface area contributed by atoms with Gasteiger partial charge in [0, 0.05) is 0 Å². The van der Waals surface area contributed by atoms with E-state index in [0.29, 0.717) is 0 Å². The van der Waals surface area contributed by atoms with Gasteiger partial charge < -0.3 is 0 Å². The maximum atomic E-state index is 2.46. The molecule has 0 aromatic carbocycles. The lowest BCUT2D eigenvalue weighted by Crippen LogP contribution is -1.95. The van der Waals surface area contributed by atoms with Crippen LogP contribution in [0, 0.1) is 11.8 Å². The third-order valence-electron chi connectivity index (χ3n) is 3.98. The van der Waals surface area contributed by atoms with Crippen LogP contribution < -0.4 is 0 Å². The van der Waals surface area contributed by atoms with Crippen molar-refractivity contribution in [1.29, 1.82) is 0 Å². The first-order valence-corrected chi connectivity index (χ1v) is 7.83. The molecule has 96 valence electrons. The van der Waals surface area contributed by atoms with Gasteiger partial charge in [-0.3, -0.25) is 0 Å². The van der Waals surface area contributed by atoms with Crippen LogP contribution in [-0.2, 0) is 0 Å². The van der Waals surface area contributed by atoms with Crippen molar-refractivity contribution in [1.82, 2.24) is 0 Å². The largest absolute Gasteiger partial charge is 0.0654 e. The molecule has 0 heterocycles. The lowest BCUT2D eigenvalue weighted by molar-refractivity contribution is 0.433. The Labute approximate surface area is 103 Å². The van der Waals surface area contributed by atoms with Crippen molar-refractivity contribution >= 4 is 0 Å². The number of rotatable bonds is 11. The summed E-state index contributed by atoms with van der Waals surface area (Å²) in [6, 6.07) is 0. The SMILES string of the molecule is CCCCCCCCCCC(C)CC1CC1. The molecule has 1 saturated carbocycles. The van der Waals surface area contributed by atoms with E-state index in [1.54, 1.807) is 0 Å². The van der Waals surface area contributed by atoms with Crippen LogP contribution in [0.5, 0.6) is 0 Å². The highest BCUT2D eigenvalue weighted by Gasteiger charge is 2.22. The predicted molar refractivity (Wildman–Crippen MR) is 73.7 cm³/mol. The Morgan fingerprint density at radius 2 is 1.44 bits per heavy atom. The van der Waals surface area contributed by atoms with Gasteiger partial charge in [-0.25, -0.2) is 0 Å². The second-order valence-electron chi connectivity index (χ2n) is 6.05. The van der Waals surface area contributed by atoms with Crippen molar-refractivity contribution in [2.45, 2.75) is 90.9 Å². The van der Waals surface area contributed by atoms with Crippen LogP contribution in [0.2, 0.25) is 0 Å². The van der Waals surface area contributed by atoms with Crippen LogP contribution in [0.25, 0.3) is 0 Å². The number of hydrogen-bond donors (Lipinski definition) is 0. The predicted octanol–water partition coefficient (Wildman–Crippen LogP) is 5.95. The maximum absolute atomic E-state index is 2.46. The summed E-state index contributed by atoms with van der Waals surface area (Å²) in [5, 5.41) is 0. The molecule has 1 atom stereocenters. The van der Waals surface area contributed by atoms with Gasteiger partial charge in [0.15, 0.2) is 0 Å². The highest BCUT2D eigenvalue weighted by molar-refractivity contribution is 4.75. The van der Waals surface area contributed by atoms with Crippen LogP contribution in [0.4, 0.5) is 0 Å². The first kappa shape index (κ1) is 14.1. The second-order valence-corrected chi connectivity index (χ2v) is 6.05. The molecule has 0 aromatic rings. The van der Waals surface area contributed by atoms with Gasteiger partial charge in [-0.05, 0) is 18.3 Å². The van der Waals surface area contributed by atoms with Gasteiger partial charge in [0.1, 0.15) is 0 Å². The molecule has 0 aromatic heterocycles. The van der Waals surface area contributed by atoms with Crippen molar-refractivity contribution in [3.05, 3.63) is 0 Å². The van der Waals surface area contributed by atoms with Crippen LogP contribution in [0.15, 0.2) is 0 Å². The number of unbranched alkanes of at least 4 members (excludes halogenated alkanes) is 7. The van der Waals surface area contributed by atoms with E-state index in [9.17, 15) is 0 Å². The monoisotopic (exact) mass is 224 g/mol. The van der Waals surface area contributed by atoms with Crippen molar-refractivity contribution < 1.29 is 0 Å². The zero-order chi connectivity index (χ0) is 11.6. The molecular formula is C16H32. The van der Waals surface area contributed by atoms with Crippen LogP contribution in [0.1, 0.15) is 90.9 Å². The summed E-state index contributed by atoms with van der Waals surface area (Å²) in [6.45, 7) is 4.75. The van der Waals surface area contributed by atoms with Gasteiger partial charge in [-0.1, -0.05) is 84.5 Å². The van der Waals surface area contributed by atoms with E-state index in [1.807, 2.05) is 0 Å². The fourth-order valence-electron chi connectivity index (χ4n) is 2.67. The molecule has 1 aliphatic rings. The number of hydrogen-bond acceptors (Lipinski definition) is 0. The zero-order valence-electron chi connectivity index (χ0n) is 11.6.